The summed E-state index contributed by atoms with van der Waals surface area (Å²) in [5, 5.41) is 0. The molecule has 4 rings (SSSR count). The highest BCUT2D eigenvalue weighted by Crippen LogP contribution is 2.31. The van der Waals surface area contributed by atoms with E-state index in [0.29, 0.717) is 19.8 Å². The maximum absolute atomic E-state index is 12.3. The summed E-state index contributed by atoms with van der Waals surface area (Å²) in [7, 11) is 0. The van der Waals surface area contributed by atoms with Crippen LogP contribution in [0.25, 0.3) is 0 Å². The van der Waals surface area contributed by atoms with Gasteiger partial charge >= 0.3 is 0 Å². The molecule has 0 radical (unpaired) electrons. The second kappa shape index (κ2) is 6.52. The minimum atomic E-state index is 0.0210. The first kappa shape index (κ1) is 16.1. The molecule has 0 amide bonds. The van der Waals surface area contributed by atoms with Gasteiger partial charge in [0.25, 0.3) is 5.56 Å². The first-order valence-electron chi connectivity index (χ1n) is 8.83. The summed E-state index contributed by atoms with van der Waals surface area (Å²) in [5.41, 5.74) is 2.95. The van der Waals surface area contributed by atoms with Gasteiger partial charge in [-0.05, 0) is 24.1 Å². The zero-order valence-corrected chi connectivity index (χ0v) is 14.7. The van der Waals surface area contributed by atoms with E-state index in [-0.39, 0.29) is 11.5 Å². The van der Waals surface area contributed by atoms with Crippen molar-refractivity contribution in [1.82, 2.24) is 14.9 Å². The Morgan fingerprint density at radius 3 is 2.84 bits per heavy atom. The van der Waals surface area contributed by atoms with E-state index in [2.05, 4.69) is 22.0 Å². The number of hydrogen-bond acceptors (Lipinski definition) is 5. The lowest BCUT2D eigenvalue weighted by Gasteiger charge is -2.28. The molecule has 0 bridgehead atoms. The van der Waals surface area contributed by atoms with Gasteiger partial charge in [0.1, 0.15) is 19.0 Å². The van der Waals surface area contributed by atoms with Gasteiger partial charge in [0.2, 0.25) is 0 Å². The number of aromatic amines is 1. The number of rotatable bonds is 3. The molecule has 2 aliphatic rings. The highest BCUT2D eigenvalue weighted by molar-refractivity contribution is 5.43. The van der Waals surface area contributed by atoms with Crippen LogP contribution in [0.4, 0.5) is 0 Å². The molecule has 0 saturated carbocycles. The fourth-order valence-corrected chi connectivity index (χ4v) is 3.37. The number of fused-ring (bicyclic) bond motifs is 2. The lowest BCUT2D eigenvalue weighted by molar-refractivity contribution is 0.171. The summed E-state index contributed by atoms with van der Waals surface area (Å²) < 4.78 is 11.2. The van der Waals surface area contributed by atoms with Crippen LogP contribution in [0.3, 0.4) is 0 Å². The Hall–Kier alpha value is -2.34. The van der Waals surface area contributed by atoms with Gasteiger partial charge in [-0.3, -0.25) is 9.69 Å². The Balaban J connectivity index is 1.53. The molecule has 0 atom stereocenters. The summed E-state index contributed by atoms with van der Waals surface area (Å²) in [6, 6.07) is 6.10. The van der Waals surface area contributed by atoms with Crippen molar-refractivity contribution in [1.29, 1.82) is 0 Å². The second-order valence-electron chi connectivity index (χ2n) is 6.97. The van der Waals surface area contributed by atoms with Gasteiger partial charge in [0.05, 0.1) is 5.69 Å². The monoisotopic (exact) mass is 341 g/mol. The molecule has 3 heterocycles. The summed E-state index contributed by atoms with van der Waals surface area (Å²) >= 11 is 0. The van der Waals surface area contributed by atoms with Crippen LogP contribution in [0, 0.1) is 0 Å². The van der Waals surface area contributed by atoms with E-state index in [0.717, 1.165) is 48.1 Å². The van der Waals surface area contributed by atoms with Gasteiger partial charge in [0.15, 0.2) is 11.5 Å². The molecule has 6 nitrogen and oxygen atoms in total. The largest absolute Gasteiger partial charge is 0.486 e. The number of hydrogen-bond donors (Lipinski definition) is 1. The van der Waals surface area contributed by atoms with E-state index < -0.39 is 0 Å². The molecule has 0 aliphatic carbocycles. The molecule has 0 spiro atoms. The predicted octanol–water partition coefficient (Wildman–Crippen LogP) is 2.22. The van der Waals surface area contributed by atoms with Gasteiger partial charge in [-0.25, -0.2) is 4.98 Å². The van der Waals surface area contributed by atoms with Crippen molar-refractivity contribution < 1.29 is 9.47 Å². The molecule has 0 unspecified atom stereocenters. The molecule has 2 aliphatic heterocycles. The SMILES string of the molecule is CC(C)c1nc2c(c(=O)[nH]1)CCN(Cc1ccc3c(c1)OCCO3)C2. The summed E-state index contributed by atoms with van der Waals surface area (Å²) in [6.07, 6.45) is 0.737. The molecule has 0 saturated heterocycles. The minimum absolute atomic E-state index is 0.0210. The lowest BCUT2D eigenvalue weighted by Crippen LogP contribution is -2.35. The topological polar surface area (TPSA) is 67.5 Å². The van der Waals surface area contributed by atoms with Crippen molar-refractivity contribution in [3.63, 3.8) is 0 Å². The molecular weight excluding hydrogens is 318 g/mol. The number of benzene rings is 1. The number of ether oxygens (including phenoxy) is 2. The quantitative estimate of drug-likeness (QED) is 0.927. The van der Waals surface area contributed by atoms with Crippen LogP contribution in [-0.2, 0) is 19.5 Å². The summed E-state index contributed by atoms with van der Waals surface area (Å²) in [4.78, 5) is 22.2. The maximum atomic E-state index is 12.3. The molecule has 1 aromatic heterocycles. The third-order valence-electron chi connectivity index (χ3n) is 4.73. The van der Waals surface area contributed by atoms with Gasteiger partial charge in [-0.15, -0.1) is 0 Å². The Morgan fingerprint density at radius 2 is 2.04 bits per heavy atom. The number of H-pyrrole nitrogens is 1. The summed E-state index contributed by atoms with van der Waals surface area (Å²) in [5.74, 6) is 2.61. The predicted molar refractivity (Wildman–Crippen MR) is 94.2 cm³/mol. The fourth-order valence-electron chi connectivity index (χ4n) is 3.37. The standard InChI is InChI=1S/C19H23N3O3/c1-12(2)18-20-15-11-22(6-5-14(15)19(23)21-18)10-13-3-4-16-17(9-13)25-8-7-24-16/h3-4,9,12H,5-8,10-11H2,1-2H3,(H,20,21,23). The van der Waals surface area contributed by atoms with Crippen LogP contribution in [0.15, 0.2) is 23.0 Å². The van der Waals surface area contributed by atoms with E-state index in [1.54, 1.807) is 0 Å². The van der Waals surface area contributed by atoms with Crippen LogP contribution in [0.1, 0.15) is 42.4 Å². The molecule has 1 aromatic carbocycles. The Labute approximate surface area is 146 Å². The Bertz CT molecular complexity index is 844. The molecule has 6 heteroatoms. The molecule has 132 valence electrons. The molecule has 0 fully saturated rings. The zero-order valence-electron chi connectivity index (χ0n) is 14.7. The van der Waals surface area contributed by atoms with E-state index in [4.69, 9.17) is 14.5 Å². The van der Waals surface area contributed by atoms with Crippen molar-refractivity contribution in [2.45, 2.75) is 39.3 Å². The van der Waals surface area contributed by atoms with Crippen molar-refractivity contribution in [2.75, 3.05) is 19.8 Å². The molecule has 25 heavy (non-hydrogen) atoms. The minimum Gasteiger partial charge on any atom is -0.486 e. The van der Waals surface area contributed by atoms with Gasteiger partial charge in [0, 0.05) is 31.1 Å². The Morgan fingerprint density at radius 1 is 1.24 bits per heavy atom. The van der Waals surface area contributed by atoms with Crippen LogP contribution in [-0.4, -0.2) is 34.6 Å². The van der Waals surface area contributed by atoms with E-state index in [1.165, 1.54) is 5.56 Å². The van der Waals surface area contributed by atoms with Crippen molar-refractivity contribution >= 4 is 0 Å². The highest BCUT2D eigenvalue weighted by atomic mass is 16.6. The first-order valence-corrected chi connectivity index (χ1v) is 8.83. The first-order chi connectivity index (χ1) is 12.1. The van der Waals surface area contributed by atoms with Crippen LogP contribution >= 0.6 is 0 Å². The van der Waals surface area contributed by atoms with Crippen molar-refractivity contribution in [3.8, 4) is 11.5 Å². The third-order valence-corrected chi connectivity index (χ3v) is 4.73. The van der Waals surface area contributed by atoms with Crippen molar-refractivity contribution in [2.24, 2.45) is 0 Å². The molecule has 2 aromatic rings. The molecule has 1 N–H and O–H groups in total. The summed E-state index contributed by atoms with van der Waals surface area (Å²) in [6.45, 7) is 7.65. The van der Waals surface area contributed by atoms with Gasteiger partial charge < -0.3 is 14.5 Å². The highest BCUT2D eigenvalue weighted by Gasteiger charge is 2.22. The van der Waals surface area contributed by atoms with Crippen molar-refractivity contribution in [3.05, 3.63) is 51.2 Å². The van der Waals surface area contributed by atoms with E-state index in [1.807, 2.05) is 19.9 Å². The van der Waals surface area contributed by atoms with Crippen LogP contribution in [0.2, 0.25) is 0 Å². The van der Waals surface area contributed by atoms with E-state index in [9.17, 15) is 4.79 Å². The molecular formula is C19H23N3O3. The van der Waals surface area contributed by atoms with Crippen LogP contribution in [0.5, 0.6) is 11.5 Å². The van der Waals surface area contributed by atoms with Crippen LogP contribution < -0.4 is 15.0 Å². The lowest BCUT2D eigenvalue weighted by atomic mass is 10.0. The normalized spacial score (nSPS) is 16.8. The average molecular weight is 341 g/mol. The number of nitrogens with one attached hydrogen (secondary N) is 1. The smallest absolute Gasteiger partial charge is 0.254 e. The van der Waals surface area contributed by atoms with Gasteiger partial charge in [-0.2, -0.15) is 0 Å². The number of nitrogens with zero attached hydrogens (tertiary/aromatic N) is 2. The number of aromatic nitrogens is 2. The van der Waals surface area contributed by atoms with E-state index >= 15 is 0 Å². The Kier molecular flexibility index (Phi) is 4.21. The zero-order chi connectivity index (χ0) is 17.4. The van der Waals surface area contributed by atoms with Gasteiger partial charge in [-0.1, -0.05) is 19.9 Å². The third kappa shape index (κ3) is 3.26. The average Bonchev–Trinajstić information content (AvgIpc) is 2.61. The maximum Gasteiger partial charge on any atom is 0.254 e. The second-order valence-corrected chi connectivity index (χ2v) is 6.97. The fraction of sp³-hybridized carbons (Fsp3) is 0.474.